The fourth-order valence-electron chi connectivity index (χ4n) is 4.55. The lowest BCUT2D eigenvalue weighted by molar-refractivity contribution is -0.0579. The van der Waals surface area contributed by atoms with Crippen LogP contribution in [-0.2, 0) is 4.74 Å². The third kappa shape index (κ3) is 4.81. The topological polar surface area (TPSA) is 70.1 Å². The quantitative estimate of drug-likeness (QED) is 0.721. The van der Waals surface area contributed by atoms with Gasteiger partial charge in [0, 0.05) is 29.6 Å². The predicted molar refractivity (Wildman–Crippen MR) is 120 cm³/mol. The minimum Gasteiger partial charge on any atom is -0.389 e. The lowest BCUT2D eigenvalue weighted by Gasteiger charge is -2.36. The summed E-state index contributed by atoms with van der Waals surface area (Å²) in [6, 6.07) is 11.3. The number of carbonyl (C=O) groups excluding carboxylic acids is 2. The van der Waals surface area contributed by atoms with Crippen LogP contribution in [-0.4, -0.2) is 71.2 Å². The molecular weight excluding hydrogens is 392 g/mol. The van der Waals surface area contributed by atoms with Crippen LogP contribution in [0.3, 0.4) is 0 Å². The summed E-state index contributed by atoms with van der Waals surface area (Å²) in [4.78, 5) is 29.9. The predicted octanol–water partition coefficient (Wildman–Crippen LogP) is 3.32. The molecule has 0 saturated carbocycles. The van der Waals surface area contributed by atoms with E-state index in [4.69, 9.17) is 4.74 Å². The summed E-state index contributed by atoms with van der Waals surface area (Å²) in [5, 5.41) is 12.0. The van der Waals surface area contributed by atoms with Gasteiger partial charge in [0.15, 0.2) is 0 Å². The van der Waals surface area contributed by atoms with Crippen LogP contribution in [0.5, 0.6) is 0 Å². The molecule has 2 aromatic carbocycles. The number of nitrogens with zero attached hydrogens (tertiary/aromatic N) is 2. The molecule has 2 heterocycles. The van der Waals surface area contributed by atoms with Crippen molar-refractivity contribution < 1.29 is 19.4 Å². The molecule has 0 bridgehead atoms. The fourth-order valence-corrected chi connectivity index (χ4v) is 4.55. The molecular formula is C25H32N2O4. The van der Waals surface area contributed by atoms with Crippen LogP contribution in [0.15, 0.2) is 36.4 Å². The van der Waals surface area contributed by atoms with E-state index in [2.05, 4.69) is 4.90 Å². The molecule has 1 atom stereocenters. The summed E-state index contributed by atoms with van der Waals surface area (Å²) in [6.45, 7) is 8.99. The van der Waals surface area contributed by atoms with E-state index in [1.54, 1.807) is 0 Å². The summed E-state index contributed by atoms with van der Waals surface area (Å²) in [6.07, 6.45) is 1.28. The molecule has 2 aromatic rings. The number of rotatable bonds is 6. The molecule has 1 N–H and O–H groups in total. The summed E-state index contributed by atoms with van der Waals surface area (Å²) in [5.41, 5.74) is 0.976. The molecule has 31 heavy (non-hydrogen) atoms. The number of piperidine rings is 1. The Kier molecular flexibility index (Phi) is 6.15. The van der Waals surface area contributed by atoms with Gasteiger partial charge in [0.2, 0.25) is 0 Å². The highest BCUT2D eigenvalue weighted by Gasteiger charge is 2.34. The zero-order valence-electron chi connectivity index (χ0n) is 18.6. The van der Waals surface area contributed by atoms with Gasteiger partial charge in [-0.25, -0.2) is 0 Å². The Morgan fingerprint density at radius 2 is 1.61 bits per heavy atom. The van der Waals surface area contributed by atoms with Crippen LogP contribution < -0.4 is 0 Å². The van der Waals surface area contributed by atoms with Crippen molar-refractivity contribution in [3.8, 4) is 0 Å². The second-order valence-electron chi connectivity index (χ2n) is 9.75. The van der Waals surface area contributed by atoms with E-state index in [1.807, 2.05) is 57.2 Å². The lowest BCUT2D eigenvalue weighted by Crippen LogP contribution is -2.46. The zero-order valence-corrected chi connectivity index (χ0v) is 18.6. The molecule has 0 aromatic heterocycles. The molecule has 2 aliphatic rings. The number of benzene rings is 2. The fraction of sp³-hybridized carbons (Fsp3) is 0.520. The average Bonchev–Trinajstić information content (AvgIpc) is 2.74. The first-order valence-corrected chi connectivity index (χ1v) is 11.2. The van der Waals surface area contributed by atoms with Crippen LogP contribution >= 0.6 is 0 Å². The maximum Gasteiger partial charge on any atom is 0.261 e. The summed E-state index contributed by atoms with van der Waals surface area (Å²) in [5.74, 6) is -0.102. The van der Waals surface area contributed by atoms with Crippen molar-refractivity contribution in [1.29, 1.82) is 0 Å². The molecule has 0 spiro atoms. The first kappa shape index (κ1) is 21.9. The number of ether oxygens (including phenoxy) is 1. The highest BCUT2D eigenvalue weighted by atomic mass is 16.5. The molecule has 0 unspecified atom stereocenters. The smallest absolute Gasteiger partial charge is 0.261 e. The van der Waals surface area contributed by atoms with E-state index in [0.29, 0.717) is 30.8 Å². The standard InChI is InChI=1S/C25H32N2O4/c1-25(2,3)31-16-19(28)15-26-12-10-17(11-13-26)14-27-23(29)20-8-4-6-18-7-5-9-21(22(18)20)24(27)30/h4-9,17,19,28H,10-16H2,1-3H3/t19-/m0/s1. The van der Waals surface area contributed by atoms with Crippen LogP contribution in [0, 0.1) is 5.92 Å². The summed E-state index contributed by atoms with van der Waals surface area (Å²) >= 11 is 0. The molecule has 6 nitrogen and oxygen atoms in total. The number of aliphatic hydroxyl groups is 1. The van der Waals surface area contributed by atoms with Crippen molar-refractivity contribution in [3.63, 3.8) is 0 Å². The van der Waals surface area contributed by atoms with E-state index in [1.165, 1.54) is 4.90 Å². The van der Waals surface area contributed by atoms with Crippen LogP contribution in [0.1, 0.15) is 54.3 Å². The average molecular weight is 425 g/mol. The molecule has 1 saturated heterocycles. The van der Waals surface area contributed by atoms with Gasteiger partial charge in [-0.05, 0) is 70.1 Å². The molecule has 2 aliphatic heterocycles. The van der Waals surface area contributed by atoms with Gasteiger partial charge < -0.3 is 14.7 Å². The molecule has 1 fully saturated rings. The Morgan fingerprint density at radius 3 is 2.16 bits per heavy atom. The van der Waals surface area contributed by atoms with Crippen molar-refractivity contribution >= 4 is 22.6 Å². The summed E-state index contributed by atoms with van der Waals surface area (Å²) < 4.78 is 5.67. The van der Waals surface area contributed by atoms with Gasteiger partial charge in [-0.3, -0.25) is 14.5 Å². The van der Waals surface area contributed by atoms with E-state index in [9.17, 15) is 14.7 Å². The highest BCUT2D eigenvalue weighted by Crippen LogP contribution is 2.31. The Balaban J connectivity index is 1.35. The number of aliphatic hydroxyl groups excluding tert-OH is 1. The van der Waals surface area contributed by atoms with Gasteiger partial charge in [0.05, 0.1) is 18.3 Å². The Morgan fingerprint density at radius 1 is 1.03 bits per heavy atom. The van der Waals surface area contributed by atoms with Gasteiger partial charge in [-0.15, -0.1) is 0 Å². The van der Waals surface area contributed by atoms with Crippen molar-refractivity contribution in [2.24, 2.45) is 5.92 Å². The van der Waals surface area contributed by atoms with E-state index in [-0.39, 0.29) is 23.3 Å². The number of hydrogen-bond donors (Lipinski definition) is 1. The van der Waals surface area contributed by atoms with Gasteiger partial charge >= 0.3 is 0 Å². The van der Waals surface area contributed by atoms with Crippen LogP contribution in [0.4, 0.5) is 0 Å². The number of imide groups is 1. The SMILES string of the molecule is CC(C)(C)OC[C@@H](O)CN1CCC(CN2C(=O)c3cccc4cccc(c34)C2=O)CC1. The second-order valence-corrected chi connectivity index (χ2v) is 9.75. The molecule has 0 radical (unpaired) electrons. The Labute approximate surface area is 183 Å². The second kappa shape index (κ2) is 8.69. The minimum absolute atomic E-state index is 0.188. The van der Waals surface area contributed by atoms with Crippen LogP contribution in [0.25, 0.3) is 10.8 Å². The number of amides is 2. The highest BCUT2D eigenvalue weighted by molar-refractivity contribution is 6.25. The third-order valence-electron chi connectivity index (χ3n) is 6.18. The number of likely N-dealkylation sites (tertiary alicyclic amines) is 1. The Hall–Kier alpha value is -2.28. The maximum absolute atomic E-state index is 13.1. The molecule has 2 amide bonds. The molecule has 6 heteroatoms. The normalized spacial score (nSPS) is 19.3. The van der Waals surface area contributed by atoms with E-state index < -0.39 is 6.10 Å². The third-order valence-corrected chi connectivity index (χ3v) is 6.18. The monoisotopic (exact) mass is 424 g/mol. The number of hydrogen-bond acceptors (Lipinski definition) is 5. The molecule has 4 rings (SSSR count). The van der Waals surface area contributed by atoms with Crippen molar-refractivity contribution in [2.45, 2.75) is 45.3 Å². The first-order valence-electron chi connectivity index (χ1n) is 11.2. The van der Waals surface area contributed by atoms with Gasteiger partial charge in [-0.1, -0.05) is 24.3 Å². The van der Waals surface area contributed by atoms with Crippen LogP contribution in [0.2, 0.25) is 0 Å². The first-order chi connectivity index (χ1) is 14.7. The Bertz CT molecular complexity index is 922. The van der Waals surface area contributed by atoms with E-state index >= 15 is 0 Å². The molecule has 166 valence electrons. The lowest BCUT2D eigenvalue weighted by atomic mass is 9.91. The van der Waals surface area contributed by atoms with Gasteiger partial charge in [0.25, 0.3) is 11.8 Å². The number of carbonyl (C=O) groups is 2. The van der Waals surface area contributed by atoms with Gasteiger partial charge in [0.1, 0.15) is 0 Å². The number of β-amino-alcohol motifs (C(OH)–C–C–N with tert-alkyl or cyclic N) is 1. The summed E-state index contributed by atoms with van der Waals surface area (Å²) in [7, 11) is 0. The minimum atomic E-state index is -0.516. The maximum atomic E-state index is 13.1. The van der Waals surface area contributed by atoms with Crippen molar-refractivity contribution in [3.05, 3.63) is 47.5 Å². The van der Waals surface area contributed by atoms with Crippen molar-refractivity contribution in [2.75, 3.05) is 32.8 Å². The van der Waals surface area contributed by atoms with E-state index in [0.717, 1.165) is 36.7 Å². The zero-order chi connectivity index (χ0) is 22.2. The largest absolute Gasteiger partial charge is 0.389 e. The van der Waals surface area contributed by atoms with Crippen molar-refractivity contribution in [1.82, 2.24) is 9.80 Å². The van der Waals surface area contributed by atoms with Gasteiger partial charge in [-0.2, -0.15) is 0 Å². The molecule has 0 aliphatic carbocycles.